The van der Waals surface area contributed by atoms with E-state index in [0.717, 1.165) is 11.3 Å². The van der Waals surface area contributed by atoms with Gasteiger partial charge in [-0.3, -0.25) is 4.79 Å². The Morgan fingerprint density at radius 2 is 2.00 bits per heavy atom. The Labute approximate surface area is 122 Å². The molecular weight excluding hydrogens is 272 g/mol. The molecule has 1 aromatic heterocycles. The number of carbonyl (C=O) groups is 1. The molecule has 110 valence electrons. The van der Waals surface area contributed by atoms with Crippen LogP contribution in [-0.4, -0.2) is 24.3 Å². The van der Waals surface area contributed by atoms with Gasteiger partial charge in [0, 0.05) is 6.07 Å². The number of ether oxygens (including phenoxy) is 2. The first-order chi connectivity index (χ1) is 10.1. The summed E-state index contributed by atoms with van der Waals surface area (Å²) in [7, 11) is 0. The smallest absolute Gasteiger partial charge is 0.273 e. The molecule has 1 atom stereocenters. The number of aryl methyl sites for hydroxylation is 1. The third kappa shape index (κ3) is 2.84. The minimum absolute atomic E-state index is 0.176. The molecule has 0 saturated carbocycles. The SMILES string of the molecule is Cc1cc(C(=O)N[C@@H](C)c2ccc3c(c2)OCCO3)no1. The lowest BCUT2D eigenvalue weighted by Gasteiger charge is -2.20. The van der Waals surface area contributed by atoms with Crippen molar-refractivity contribution in [2.45, 2.75) is 19.9 Å². The van der Waals surface area contributed by atoms with Gasteiger partial charge in [-0.15, -0.1) is 0 Å². The van der Waals surface area contributed by atoms with Crippen LogP contribution in [0.2, 0.25) is 0 Å². The van der Waals surface area contributed by atoms with Gasteiger partial charge in [-0.1, -0.05) is 11.2 Å². The van der Waals surface area contributed by atoms with E-state index in [4.69, 9.17) is 14.0 Å². The monoisotopic (exact) mass is 288 g/mol. The van der Waals surface area contributed by atoms with E-state index in [1.807, 2.05) is 25.1 Å². The number of amides is 1. The first kappa shape index (κ1) is 13.5. The quantitative estimate of drug-likeness (QED) is 0.937. The number of aromatic nitrogens is 1. The maximum absolute atomic E-state index is 12.0. The predicted molar refractivity (Wildman–Crippen MR) is 74.6 cm³/mol. The molecule has 2 aromatic rings. The topological polar surface area (TPSA) is 73.6 Å². The highest BCUT2D eigenvalue weighted by molar-refractivity contribution is 5.92. The Kier molecular flexibility index (Phi) is 3.51. The van der Waals surface area contributed by atoms with Crippen LogP contribution in [0.5, 0.6) is 11.5 Å². The van der Waals surface area contributed by atoms with Crippen molar-refractivity contribution < 1.29 is 18.8 Å². The third-order valence-electron chi connectivity index (χ3n) is 3.27. The summed E-state index contributed by atoms with van der Waals surface area (Å²) in [5.74, 6) is 1.77. The number of rotatable bonds is 3. The second-order valence-electron chi connectivity index (χ2n) is 4.92. The van der Waals surface area contributed by atoms with Crippen molar-refractivity contribution in [1.29, 1.82) is 0 Å². The molecule has 0 aliphatic carbocycles. The fourth-order valence-corrected chi connectivity index (χ4v) is 2.16. The summed E-state index contributed by atoms with van der Waals surface area (Å²) in [5.41, 5.74) is 1.21. The molecule has 6 heteroatoms. The fourth-order valence-electron chi connectivity index (χ4n) is 2.16. The Morgan fingerprint density at radius 1 is 1.24 bits per heavy atom. The summed E-state index contributed by atoms with van der Waals surface area (Å²) in [6.45, 7) is 4.74. The number of nitrogens with one attached hydrogen (secondary N) is 1. The van der Waals surface area contributed by atoms with Crippen molar-refractivity contribution in [3.05, 3.63) is 41.3 Å². The average molecular weight is 288 g/mol. The van der Waals surface area contributed by atoms with Crippen molar-refractivity contribution in [2.75, 3.05) is 13.2 Å². The van der Waals surface area contributed by atoms with Crippen LogP contribution in [0.25, 0.3) is 0 Å². The maximum atomic E-state index is 12.0. The normalized spacial score (nSPS) is 14.6. The number of benzene rings is 1. The molecule has 21 heavy (non-hydrogen) atoms. The molecule has 1 amide bonds. The third-order valence-corrected chi connectivity index (χ3v) is 3.27. The molecule has 3 rings (SSSR count). The molecule has 6 nitrogen and oxygen atoms in total. The van der Waals surface area contributed by atoms with Crippen LogP contribution in [-0.2, 0) is 0 Å². The van der Waals surface area contributed by atoms with E-state index in [0.29, 0.717) is 24.7 Å². The standard InChI is InChI=1S/C15H16N2O4/c1-9-7-12(17-21-9)15(18)16-10(2)11-3-4-13-14(8-11)20-6-5-19-13/h3-4,7-8,10H,5-6H2,1-2H3,(H,16,18)/t10-/m0/s1. The van der Waals surface area contributed by atoms with E-state index in [2.05, 4.69) is 10.5 Å². The first-order valence-electron chi connectivity index (χ1n) is 6.77. The molecule has 0 spiro atoms. The summed E-state index contributed by atoms with van der Waals surface area (Å²) in [6.07, 6.45) is 0. The lowest BCUT2D eigenvalue weighted by atomic mass is 10.1. The van der Waals surface area contributed by atoms with Crippen molar-refractivity contribution in [2.24, 2.45) is 0 Å². The van der Waals surface area contributed by atoms with E-state index in [-0.39, 0.29) is 17.6 Å². The summed E-state index contributed by atoms with van der Waals surface area (Å²) in [5, 5.41) is 6.58. The van der Waals surface area contributed by atoms with Gasteiger partial charge in [0.05, 0.1) is 6.04 Å². The molecule has 1 aliphatic rings. The minimum Gasteiger partial charge on any atom is -0.486 e. The van der Waals surface area contributed by atoms with Gasteiger partial charge in [-0.2, -0.15) is 0 Å². The zero-order valence-electron chi connectivity index (χ0n) is 11.9. The van der Waals surface area contributed by atoms with E-state index in [1.54, 1.807) is 13.0 Å². The summed E-state index contributed by atoms with van der Waals surface area (Å²) >= 11 is 0. The Balaban J connectivity index is 1.73. The molecule has 2 heterocycles. The summed E-state index contributed by atoms with van der Waals surface area (Å²) < 4.78 is 15.9. The molecule has 1 N–H and O–H groups in total. The molecular formula is C15H16N2O4. The van der Waals surface area contributed by atoms with Gasteiger partial charge < -0.3 is 19.3 Å². The molecule has 0 unspecified atom stereocenters. The summed E-state index contributed by atoms with van der Waals surface area (Å²) in [4.78, 5) is 12.0. The number of hydrogen-bond donors (Lipinski definition) is 1. The Hall–Kier alpha value is -2.50. The number of hydrogen-bond acceptors (Lipinski definition) is 5. The van der Waals surface area contributed by atoms with E-state index in [1.165, 1.54) is 0 Å². The second-order valence-corrected chi connectivity index (χ2v) is 4.92. The van der Waals surface area contributed by atoms with Crippen molar-refractivity contribution in [3.8, 4) is 11.5 Å². The fraction of sp³-hybridized carbons (Fsp3) is 0.333. The lowest BCUT2D eigenvalue weighted by Crippen LogP contribution is -2.27. The molecule has 0 bridgehead atoms. The van der Waals surface area contributed by atoms with Gasteiger partial charge in [0.2, 0.25) is 0 Å². The number of fused-ring (bicyclic) bond motifs is 1. The highest BCUT2D eigenvalue weighted by atomic mass is 16.6. The van der Waals surface area contributed by atoms with Crippen molar-refractivity contribution >= 4 is 5.91 Å². The van der Waals surface area contributed by atoms with Crippen LogP contribution < -0.4 is 14.8 Å². The van der Waals surface area contributed by atoms with Gasteiger partial charge in [-0.25, -0.2) is 0 Å². The Morgan fingerprint density at radius 3 is 2.71 bits per heavy atom. The molecule has 0 saturated heterocycles. The van der Waals surface area contributed by atoms with Gasteiger partial charge in [0.15, 0.2) is 17.2 Å². The average Bonchev–Trinajstić information content (AvgIpc) is 2.93. The lowest BCUT2D eigenvalue weighted by molar-refractivity contribution is 0.0930. The zero-order chi connectivity index (χ0) is 14.8. The van der Waals surface area contributed by atoms with Crippen LogP contribution in [0, 0.1) is 6.92 Å². The largest absolute Gasteiger partial charge is 0.486 e. The molecule has 0 radical (unpaired) electrons. The van der Waals surface area contributed by atoms with Crippen LogP contribution in [0.3, 0.4) is 0 Å². The number of nitrogens with zero attached hydrogens (tertiary/aromatic N) is 1. The molecule has 1 aliphatic heterocycles. The number of carbonyl (C=O) groups excluding carboxylic acids is 1. The van der Waals surface area contributed by atoms with Crippen molar-refractivity contribution in [1.82, 2.24) is 10.5 Å². The van der Waals surface area contributed by atoms with Gasteiger partial charge in [0.25, 0.3) is 5.91 Å². The highest BCUT2D eigenvalue weighted by Crippen LogP contribution is 2.32. The van der Waals surface area contributed by atoms with E-state index < -0.39 is 0 Å². The van der Waals surface area contributed by atoms with Crippen LogP contribution in [0.1, 0.15) is 34.8 Å². The second kappa shape index (κ2) is 5.47. The van der Waals surface area contributed by atoms with Crippen molar-refractivity contribution in [3.63, 3.8) is 0 Å². The maximum Gasteiger partial charge on any atom is 0.273 e. The predicted octanol–water partition coefficient (Wildman–Crippen LogP) is 2.25. The van der Waals surface area contributed by atoms with Crippen LogP contribution >= 0.6 is 0 Å². The minimum atomic E-state index is -0.269. The van der Waals surface area contributed by atoms with E-state index in [9.17, 15) is 4.79 Å². The van der Waals surface area contributed by atoms with Gasteiger partial charge in [-0.05, 0) is 31.5 Å². The zero-order valence-corrected chi connectivity index (χ0v) is 11.9. The summed E-state index contributed by atoms with van der Waals surface area (Å²) in [6, 6.07) is 7.07. The molecule has 1 aromatic carbocycles. The van der Waals surface area contributed by atoms with E-state index >= 15 is 0 Å². The first-order valence-corrected chi connectivity index (χ1v) is 6.77. The van der Waals surface area contributed by atoms with Gasteiger partial charge in [0.1, 0.15) is 19.0 Å². The van der Waals surface area contributed by atoms with Gasteiger partial charge >= 0.3 is 0 Å². The highest BCUT2D eigenvalue weighted by Gasteiger charge is 2.17. The molecule has 0 fully saturated rings. The van der Waals surface area contributed by atoms with Crippen LogP contribution in [0.4, 0.5) is 0 Å². The Bertz CT molecular complexity index is 665. The van der Waals surface area contributed by atoms with Crippen LogP contribution in [0.15, 0.2) is 28.8 Å².